The number of benzene rings is 2. The Kier molecular flexibility index (Phi) is 7.52. The SMILES string of the molecule is ClCc1ccc(OC[C@H]2CC[C@H](COc3ccc(CCl)cc3)CC2)cc1. The van der Waals surface area contributed by atoms with E-state index in [2.05, 4.69) is 0 Å². The molecule has 0 unspecified atom stereocenters. The van der Waals surface area contributed by atoms with E-state index in [1.54, 1.807) is 0 Å². The maximum Gasteiger partial charge on any atom is 0.119 e. The lowest BCUT2D eigenvalue weighted by molar-refractivity contribution is 0.148. The summed E-state index contributed by atoms with van der Waals surface area (Å²) in [7, 11) is 0. The zero-order valence-electron chi connectivity index (χ0n) is 15.0. The van der Waals surface area contributed by atoms with Crippen molar-refractivity contribution in [2.24, 2.45) is 11.8 Å². The lowest BCUT2D eigenvalue weighted by atomic mass is 9.83. The van der Waals surface area contributed by atoms with Gasteiger partial charge in [-0.3, -0.25) is 0 Å². The highest BCUT2D eigenvalue weighted by molar-refractivity contribution is 6.17. The van der Waals surface area contributed by atoms with Crippen LogP contribution >= 0.6 is 23.2 Å². The number of hydrogen-bond acceptors (Lipinski definition) is 2. The molecule has 0 amide bonds. The number of hydrogen-bond donors (Lipinski definition) is 0. The smallest absolute Gasteiger partial charge is 0.119 e. The Morgan fingerprint density at radius 3 is 1.27 bits per heavy atom. The van der Waals surface area contributed by atoms with E-state index >= 15 is 0 Å². The molecule has 1 aliphatic carbocycles. The molecule has 0 radical (unpaired) electrons. The number of rotatable bonds is 8. The van der Waals surface area contributed by atoms with Gasteiger partial charge in [0.25, 0.3) is 0 Å². The third kappa shape index (κ3) is 5.82. The van der Waals surface area contributed by atoms with Crippen LogP contribution in [-0.2, 0) is 11.8 Å². The maximum absolute atomic E-state index is 5.95. The molecule has 140 valence electrons. The average molecular weight is 393 g/mol. The van der Waals surface area contributed by atoms with Crippen molar-refractivity contribution in [1.29, 1.82) is 0 Å². The van der Waals surface area contributed by atoms with Crippen molar-refractivity contribution >= 4 is 23.2 Å². The molecule has 0 heterocycles. The largest absolute Gasteiger partial charge is 0.493 e. The van der Waals surface area contributed by atoms with E-state index in [4.69, 9.17) is 32.7 Å². The van der Waals surface area contributed by atoms with Crippen molar-refractivity contribution in [3.8, 4) is 11.5 Å². The molecule has 0 atom stereocenters. The second kappa shape index (κ2) is 10.1. The van der Waals surface area contributed by atoms with Crippen molar-refractivity contribution < 1.29 is 9.47 Å². The highest BCUT2D eigenvalue weighted by Crippen LogP contribution is 2.30. The Balaban J connectivity index is 1.35. The molecule has 1 saturated carbocycles. The maximum atomic E-state index is 5.95. The summed E-state index contributed by atoms with van der Waals surface area (Å²) in [5.41, 5.74) is 2.24. The van der Waals surface area contributed by atoms with Crippen LogP contribution in [0.5, 0.6) is 11.5 Å². The first kappa shape index (κ1) is 19.4. The summed E-state index contributed by atoms with van der Waals surface area (Å²) in [5.74, 6) is 4.24. The molecular weight excluding hydrogens is 367 g/mol. The van der Waals surface area contributed by atoms with Crippen LogP contribution in [0.3, 0.4) is 0 Å². The van der Waals surface area contributed by atoms with Crippen molar-refractivity contribution in [3.05, 3.63) is 59.7 Å². The number of halogens is 2. The molecular formula is C22H26Cl2O2. The second-order valence-corrected chi connectivity index (χ2v) is 7.60. The summed E-state index contributed by atoms with van der Waals surface area (Å²) < 4.78 is 11.9. The third-order valence-electron chi connectivity index (χ3n) is 5.09. The van der Waals surface area contributed by atoms with E-state index in [1.165, 1.54) is 25.7 Å². The molecule has 0 aliphatic heterocycles. The van der Waals surface area contributed by atoms with Gasteiger partial charge in [-0.15, -0.1) is 23.2 Å². The van der Waals surface area contributed by atoms with E-state index in [9.17, 15) is 0 Å². The van der Waals surface area contributed by atoms with E-state index in [1.807, 2.05) is 48.5 Å². The van der Waals surface area contributed by atoms with Gasteiger partial charge in [0.15, 0.2) is 0 Å². The first-order chi connectivity index (χ1) is 12.8. The van der Waals surface area contributed by atoms with Gasteiger partial charge in [0.2, 0.25) is 0 Å². The average Bonchev–Trinajstić information content (AvgIpc) is 2.72. The molecule has 0 saturated heterocycles. The summed E-state index contributed by atoms with van der Waals surface area (Å²) in [6.07, 6.45) is 4.83. The molecule has 2 aromatic carbocycles. The molecule has 2 aromatic rings. The molecule has 26 heavy (non-hydrogen) atoms. The fraction of sp³-hybridized carbons (Fsp3) is 0.455. The monoisotopic (exact) mass is 392 g/mol. The summed E-state index contributed by atoms with van der Waals surface area (Å²) in [4.78, 5) is 0. The topological polar surface area (TPSA) is 18.5 Å². The predicted octanol–water partition coefficient (Wildman–Crippen LogP) is 6.43. The molecule has 2 nitrogen and oxygen atoms in total. The van der Waals surface area contributed by atoms with Gasteiger partial charge in [0.1, 0.15) is 11.5 Å². The Labute approximate surface area is 166 Å². The van der Waals surface area contributed by atoms with E-state index in [0.29, 0.717) is 23.6 Å². The Hall–Kier alpha value is -1.38. The van der Waals surface area contributed by atoms with Gasteiger partial charge < -0.3 is 9.47 Å². The zero-order valence-corrected chi connectivity index (χ0v) is 16.5. The van der Waals surface area contributed by atoms with Crippen LogP contribution in [0.2, 0.25) is 0 Å². The van der Waals surface area contributed by atoms with Gasteiger partial charge in [-0.2, -0.15) is 0 Å². The van der Waals surface area contributed by atoms with Crippen LogP contribution in [0.4, 0.5) is 0 Å². The highest BCUT2D eigenvalue weighted by atomic mass is 35.5. The number of alkyl halides is 2. The molecule has 0 spiro atoms. The molecule has 3 rings (SSSR count). The van der Waals surface area contributed by atoms with Gasteiger partial charge >= 0.3 is 0 Å². The van der Waals surface area contributed by atoms with Crippen molar-refractivity contribution in [2.75, 3.05) is 13.2 Å². The molecule has 0 aromatic heterocycles. The first-order valence-corrected chi connectivity index (χ1v) is 10.4. The Morgan fingerprint density at radius 1 is 0.615 bits per heavy atom. The quantitative estimate of drug-likeness (QED) is 0.481. The minimum atomic E-state index is 0.545. The van der Waals surface area contributed by atoms with Crippen LogP contribution in [0, 0.1) is 11.8 Å². The van der Waals surface area contributed by atoms with Crippen LogP contribution in [-0.4, -0.2) is 13.2 Å². The van der Waals surface area contributed by atoms with Crippen LogP contribution in [0.15, 0.2) is 48.5 Å². The van der Waals surface area contributed by atoms with E-state index in [-0.39, 0.29) is 0 Å². The number of ether oxygens (including phenoxy) is 2. The minimum absolute atomic E-state index is 0.545. The first-order valence-electron chi connectivity index (χ1n) is 9.32. The van der Waals surface area contributed by atoms with Crippen LogP contribution in [0.25, 0.3) is 0 Å². The minimum Gasteiger partial charge on any atom is -0.493 e. The lowest BCUT2D eigenvalue weighted by Gasteiger charge is -2.28. The highest BCUT2D eigenvalue weighted by Gasteiger charge is 2.22. The summed E-state index contributed by atoms with van der Waals surface area (Å²) in [5, 5.41) is 0. The fourth-order valence-corrected chi connectivity index (χ4v) is 3.70. The zero-order chi connectivity index (χ0) is 18.2. The Morgan fingerprint density at radius 2 is 0.962 bits per heavy atom. The summed E-state index contributed by atoms with van der Waals surface area (Å²) in [6.45, 7) is 1.60. The van der Waals surface area contributed by atoms with Gasteiger partial charge in [-0.1, -0.05) is 24.3 Å². The summed E-state index contributed by atoms with van der Waals surface area (Å²) >= 11 is 11.6. The molecule has 0 N–H and O–H groups in total. The fourth-order valence-electron chi connectivity index (χ4n) is 3.34. The van der Waals surface area contributed by atoms with Gasteiger partial charge in [-0.05, 0) is 72.9 Å². The summed E-state index contributed by atoms with van der Waals surface area (Å²) in [6, 6.07) is 16.1. The van der Waals surface area contributed by atoms with Crippen LogP contribution < -0.4 is 9.47 Å². The van der Waals surface area contributed by atoms with E-state index in [0.717, 1.165) is 35.8 Å². The van der Waals surface area contributed by atoms with Crippen molar-refractivity contribution in [1.82, 2.24) is 0 Å². The predicted molar refractivity (Wildman–Crippen MR) is 108 cm³/mol. The third-order valence-corrected chi connectivity index (χ3v) is 5.71. The standard InChI is InChI=1S/C22H26Cl2O2/c23-13-17-5-9-21(10-6-17)25-15-19-1-2-20(4-3-19)16-26-22-11-7-18(14-24)8-12-22/h5-12,19-20H,1-4,13-16H2/t19-,20-. The van der Waals surface area contributed by atoms with E-state index < -0.39 is 0 Å². The molecule has 1 aliphatic rings. The lowest BCUT2D eigenvalue weighted by Crippen LogP contribution is -2.23. The molecule has 1 fully saturated rings. The van der Waals surface area contributed by atoms with Crippen molar-refractivity contribution in [3.63, 3.8) is 0 Å². The second-order valence-electron chi connectivity index (χ2n) is 7.06. The molecule has 4 heteroatoms. The van der Waals surface area contributed by atoms with Gasteiger partial charge in [0.05, 0.1) is 13.2 Å². The van der Waals surface area contributed by atoms with Crippen LogP contribution in [0.1, 0.15) is 36.8 Å². The Bertz CT molecular complexity index is 587. The molecule has 0 bridgehead atoms. The normalized spacial score (nSPS) is 19.9. The van der Waals surface area contributed by atoms with Crippen molar-refractivity contribution in [2.45, 2.75) is 37.4 Å². The van der Waals surface area contributed by atoms with Gasteiger partial charge in [0, 0.05) is 11.8 Å². The van der Waals surface area contributed by atoms with Gasteiger partial charge in [-0.25, -0.2) is 0 Å².